The molecule has 1 unspecified atom stereocenters. The molecule has 2 nitrogen and oxygen atoms in total. The monoisotopic (exact) mass is 295 g/mol. The number of halogens is 1. The van der Waals surface area contributed by atoms with Crippen LogP contribution in [0.15, 0.2) is 29.2 Å². The molecule has 0 saturated heterocycles. The predicted octanol–water partition coefficient (Wildman–Crippen LogP) is 3.37. The van der Waals surface area contributed by atoms with Gasteiger partial charge >= 0.3 is 0 Å². The predicted molar refractivity (Wildman–Crippen MR) is 79.9 cm³/mol. The molecule has 102 valence electrons. The van der Waals surface area contributed by atoms with Crippen molar-refractivity contribution >= 4 is 29.3 Å². The second-order valence-corrected chi connectivity index (χ2v) is 7.04. The number of carbonyl (C=O) groups excluding carboxylic acids is 1. The summed E-state index contributed by atoms with van der Waals surface area (Å²) in [6, 6.07) is 8.28. The average molecular weight is 296 g/mol. The summed E-state index contributed by atoms with van der Waals surface area (Å²) in [7, 11) is 0. The number of thioether (sulfide) groups is 1. The number of benzene rings is 1. The molecule has 1 amide bonds. The third-order valence-corrected chi connectivity index (χ3v) is 5.97. The van der Waals surface area contributed by atoms with Crippen LogP contribution in [0.25, 0.3) is 0 Å². The van der Waals surface area contributed by atoms with Gasteiger partial charge < -0.3 is 5.32 Å². The fourth-order valence-corrected chi connectivity index (χ4v) is 4.54. The van der Waals surface area contributed by atoms with Gasteiger partial charge in [0.1, 0.15) is 0 Å². The first-order valence-corrected chi connectivity index (χ1v) is 8.26. The maximum Gasteiger partial charge on any atom is 0.234 e. The molecule has 0 radical (unpaired) electrons. The van der Waals surface area contributed by atoms with Gasteiger partial charge in [0, 0.05) is 10.8 Å². The molecule has 1 aromatic rings. The third-order valence-electron chi connectivity index (χ3n) is 4.14. The molecule has 19 heavy (non-hydrogen) atoms. The number of hydrogen-bond acceptors (Lipinski definition) is 2. The smallest absolute Gasteiger partial charge is 0.234 e. The zero-order chi connectivity index (χ0) is 13.3. The van der Waals surface area contributed by atoms with E-state index in [-0.39, 0.29) is 16.7 Å². The SMILES string of the molecule is O=C(NC1(CCl)CCCC1)C1Cc2ccccc2S1. The number of amides is 1. The molecule has 1 aromatic carbocycles. The van der Waals surface area contributed by atoms with Gasteiger partial charge in [-0.15, -0.1) is 23.4 Å². The van der Waals surface area contributed by atoms with Crippen LogP contribution in [-0.4, -0.2) is 22.6 Å². The molecule has 1 aliphatic heterocycles. The van der Waals surface area contributed by atoms with Gasteiger partial charge in [-0.2, -0.15) is 0 Å². The Morgan fingerprint density at radius 3 is 2.79 bits per heavy atom. The molecule has 1 fully saturated rings. The van der Waals surface area contributed by atoms with Gasteiger partial charge in [0.15, 0.2) is 0 Å². The molecule has 1 atom stereocenters. The number of fused-ring (bicyclic) bond motifs is 1. The fourth-order valence-electron chi connectivity index (χ4n) is 3.01. The van der Waals surface area contributed by atoms with E-state index in [0.717, 1.165) is 19.3 Å². The standard InChI is InChI=1S/C15H18ClNOS/c16-10-15(7-3-4-8-15)17-14(18)13-9-11-5-1-2-6-12(11)19-13/h1-2,5-6,13H,3-4,7-10H2,(H,17,18). The van der Waals surface area contributed by atoms with E-state index in [2.05, 4.69) is 17.4 Å². The van der Waals surface area contributed by atoms with Crippen molar-refractivity contribution in [1.29, 1.82) is 0 Å². The largest absolute Gasteiger partial charge is 0.348 e. The number of nitrogens with one attached hydrogen (secondary N) is 1. The molecule has 1 heterocycles. The second kappa shape index (κ2) is 5.37. The van der Waals surface area contributed by atoms with Gasteiger partial charge in [-0.1, -0.05) is 31.0 Å². The van der Waals surface area contributed by atoms with Crippen LogP contribution in [0.2, 0.25) is 0 Å². The summed E-state index contributed by atoms with van der Waals surface area (Å²) in [5.74, 6) is 0.687. The first-order valence-electron chi connectivity index (χ1n) is 6.85. The lowest BCUT2D eigenvalue weighted by Gasteiger charge is -2.29. The minimum absolute atomic E-state index is 0.0121. The Morgan fingerprint density at radius 2 is 2.11 bits per heavy atom. The maximum atomic E-state index is 12.4. The Bertz CT molecular complexity index is 460. The Kier molecular flexibility index (Phi) is 3.77. The first-order chi connectivity index (χ1) is 9.22. The Morgan fingerprint density at radius 1 is 1.37 bits per heavy atom. The lowest BCUT2D eigenvalue weighted by atomic mass is 9.99. The first kappa shape index (κ1) is 13.3. The minimum atomic E-state index is -0.145. The van der Waals surface area contributed by atoms with Gasteiger partial charge in [-0.05, 0) is 30.9 Å². The Hall–Kier alpha value is -0.670. The molecular formula is C15H18ClNOS. The molecule has 0 aromatic heterocycles. The number of alkyl halides is 1. The summed E-state index contributed by atoms with van der Waals surface area (Å²) in [5.41, 5.74) is 1.15. The van der Waals surface area contributed by atoms with E-state index in [0.29, 0.717) is 5.88 Å². The van der Waals surface area contributed by atoms with E-state index in [1.807, 2.05) is 12.1 Å². The number of hydrogen-bond donors (Lipinski definition) is 1. The molecule has 4 heteroatoms. The van der Waals surface area contributed by atoms with Crippen molar-refractivity contribution in [3.05, 3.63) is 29.8 Å². The summed E-state index contributed by atoms with van der Waals surface area (Å²) < 4.78 is 0. The van der Waals surface area contributed by atoms with Crippen LogP contribution in [0, 0.1) is 0 Å². The number of carbonyl (C=O) groups is 1. The van der Waals surface area contributed by atoms with E-state index in [1.54, 1.807) is 11.8 Å². The maximum absolute atomic E-state index is 12.4. The van der Waals surface area contributed by atoms with E-state index in [1.165, 1.54) is 23.3 Å². The highest BCUT2D eigenvalue weighted by Gasteiger charge is 2.37. The molecule has 1 N–H and O–H groups in total. The van der Waals surface area contributed by atoms with Crippen molar-refractivity contribution < 1.29 is 4.79 Å². The van der Waals surface area contributed by atoms with Crippen LogP contribution >= 0.6 is 23.4 Å². The van der Waals surface area contributed by atoms with Gasteiger partial charge in [0.2, 0.25) is 5.91 Å². The lowest BCUT2D eigenvalue weighted by Crippen LogP contribution is -2.50. The van der Waals surface area contributed by atoms with Crippen LogP contribution in [-0.2, 0) is 11.2 Å². The summed E-state index contributed by atoms with van der Waals surface area (Å²) in [6.07, 6.45) is 5.22. The summed E-state index contributed by atoms with van der Waals surface area (Å²) in [4.78, 5) is 13.7. The molecule has 1 saturated carbocycles. The topological polar surface area (TPSA) is 29.1 Å². The van der Waals surface area contributed by atoms with E-state index >= 15 is 0 Å². The van der Waals surface area contributed by atoms with Crippen LogP contribution < -0.4 is 5.32 Å². The Balaban J connectivity index is 1.67. The molecule has 0 bridgehead atoms. The average Bonchev–Trinajstić information content (AvgIpc) is 3.05. The quantitative estimate of drug-likeness (QED) is 0.866. The summed E-state index contributed by atoms with van der Waals surface area (Å²) in [6.45, 7) is 0. The molecule has 2 aliphatic rings. The van der Waals surface area contributed by atoms with Gasteiger partial charge in [0.05, 0.1) is 10.8 Å². The van der Waals surface area contributed by atoms with Crippen molar-refractivity contribution in [2.24, 2.45) is 0 Å². The summed E-state index contributed by atoms with van der Waals surface area (Å²) in [5, 5.41) is 3.24. The highest BCUT2D eigenvalue weighted by molar-refractivity contribution is 8.01. The molecule has 3 rings (SSSR count). The third kappa shape index (κ3) is 2.63. The van der Waals surface area contributed by atoms with Gasteiger partial charge in [-0.3, -0.25) is 4.79 Å². The molecular weight excluding hydrogens is 278 g/mol. The summed E-state index contributed by atoms with van der Waals surface area (Å²) >= 11 is 7.76. The lowest BCUT2D eigenvalue weighted by molar-refractivity contribution is -0.122. The van der Waals surface area contributed by atoms with Crippen molar-refractivity contribution in [2.75, 3.05) is 5.88 Å². The molecule has 0 spiro atoms. The van der Waals surface area contributed by atoms with E-state index in [4.69, 9.17) is 11.6 Å². The molecule has 1 aliphatic carbocycles. The van der Waals surface area contributed by atoms with Crippen molar-refractivity contribution in [1.82, 2.24) is 5.32 Å². The fraction of sp³-hybridized carbons (Fsp3) is 0.533. The van der Waals surface area contributed by atoms with Crippen LogP contribution in [0.1, 0.15) is 31.2 Å². The Labute approximate surface area is 123 Å². The van der Waals surface area contributed by atoms with E-state index in [9.17, 15) is 4.79 Å². The van der Waals surface area contributed by atoms with Crippen LogP contribution in [0.5, 0.6) is 0 Å². The van der Waals surface area contributed by atoms with Crippen LogP contribution in [0.3, 0.4) is 0 Å². The zero-order valence-electron chi connectivity index (χ0n) is 10.8. The van der Waals surface area contributed by atoms with Crippen molar-refractivity contribution in [2.45, 2.75) is 47.8 Å². The second-order valence-electron chi connectivity index (χ2n) is 5.53. The zero-order valence-corrected chi connectivity index (χ0v) is 12.4. The normalized spacial score (nSPS) is 24.2. The number of rotatable bonds is 3. The van der Waals surface area contributed by atoms with Crippen molar-refractivity contribution in [3.8, 4) is 0 Å². The highest BCUT2D eigenvalue weighted by atomic mass is 35.5. The van der Waals surface area contributed by atoms with Crippen molar-refractivity contribution in [3.63, 3.8) is 0 Å². The van der Waals surface area contributed by atoms with Gasteiger partial charge in [-0.25, -0.2) is 0 Å². The van der Waals surface area contributed by atoms with Gasteiger partial charge in [0.25, 0.3) is 0 Å². The highest BCUT2D eigenvalue weighted by Crippen LogP contribution is 2.38. The van der Waals surface area contributed by atoms with Crippen LogP contribution in [0.4, 0.5) is 0 Å². The van der Waals surface area contributed by atoms with E-state index < -0.39 is 0 Å². The minimum Gasteiger partial charge on any atom is -0.348 e.